The van der Waals surface area contributed by atoms with Crippen LogP contribution in [-0.2, 0) is 9.53 Å². The molecule has 0 aromatic heterocycles. The zero-order chi connectivity index (χ0) is 12.7. The van der Waals surface area contributed by atoms with Crippen LogP contribution in [0.15, 0.2) is 0 Å². The normalized spacial score (nSPS) is 21.8. The molecule has 100 valence electrons. The van der Waals surface area contributed by atoms with Crippen molar-refractivity contribution in [1.29, 1.82) is 0 Å². The van der Waals surface area contributed by atoms with Gasteiger partial charge in [-0.2, -0.15) is 0 Å². The molecule has 0 saturated carbocycles. The summed E-state index contributed by atoms with van der Waals surface area (Å²) in [7, 11) is 0. The van der Waals surface area contributed by atoms with E-state index in [1.807, 2.05) is 11.8 Å². The number of hydrogen-bond donors (Lipinski definition) is 1. The largest absolute Gasteiger partial charge is 0.380 e. The Morgan fingerprint density at radius 2 is 2.18 bits per heavy atom. The van der Waals surface area contributed by atoms with E-state index in [4.69, 9.17) is 10.5 Å². The second-order valence-corrected chi connectivity index (χ2v) is 4.34. The van der Waals surface area contributed by atoms with E-state index in [-0.39, 0.29) is 12.5 Å². The van der Waals surface area contributed by atoms with Crippen molar-refractivity contribution in [3.63, 3.8) is 0 Å². The van der Waals surface area contributed by atoms with E-state index >= 15 is 0 Å². The minimum Gasteiger partial charge on any atom is -0.380 e. The van der Waals surface area contributed by atoms with Gasteiger partial charge in [-0.1, -0.05) is 6.92 Å². The molecule has 1 saturated heterocycles. The van der Waals surface area contributed by atoms with Crippen LogP contribution in [0.2, 0.25) is 0 Å². The molecule has 0 spiro atoms. The van der Waals surface area contributed by atoms with E-state index in [2.05, 4.69) is 11.8 Å². The summed E-state index contributed by atoms with van der Waals surface area (Å²) >= 11 is 0. The average Bonchev–Trinajstić information content (AvgIpc) is 2.38. The third-order valence-corrected chi connectivity index (χ3v) is 3.33. The molecule has 1 fully saturated rings. The summed E-state index contributed by atoms with van der Waals surface area (Å²) in [5.74, 6) is 0.0629. The fourth-order valence-corrected chi connectivity index (χ4v) is 2.26. The second-order valence-electron chi connectivity index (χ2n) is 4.34. The topological polar surface area (TPSA) is 58.8 Å². The molecular weight excluding hydrogens is 218 g/mol. The van der Waals surface area contributed by atoms with E-state index < -0.39 is 0 Å². The standard InChI is InChI=1S/C12H25N3O2/c1-3-11-10-15(12(16)9-13)6-5-14(11)7-8-17-4-2/h11H,3-10,13H2,1-2H3. The Labute approximate surface area is 104 Å². The number of piperazine rings is 1. The van der Waals surface area contributed by atoms with Crippen LogP contribution in [-0.4, -0.2) is 67.7 Å². The summed E-state index contributed by atoms with van der Waals surface area (Å²) < 4.78 is 5.38. The molecule has 0 aliphatic carbocycles. The molecule has 1 heterocycles. The quantitative estimate of drug-likeness (QED) is 0.662. The number of hydrogen-bond acceptors (Lipinski definition) is 4. The van der Waals surface area contributed by atoms with Gasteiger partial charge < -0.3 is 15.4 Å². The van der Waals surface area contributed by atoms with Gasteiger partial charge in [0.15, 0.2) is 0 Å². The number of nitrogens with two attached hydrogens (primary N) is 1. The highest BCUT2D eigenvalue weighted by molar-refractivity contribution is 5.78. The van der Waals surface area contributed by atoms with Gasteiger partial charge in [-0.05, 0) is 13.3 Å². The lowest BCUT2D eigenvalue weighted by molar-refractivity contribution is -0.132. The van der Waals surface area contributed by atoms with Crippen LogP contribution in [0.3, 0.4) is 0 Å². The summed E-state index contributed by atoms with van der Waals surface area (Å²) in [6.07, 6.45) is 1.06. The maximum Gasteiger partial charge on any atom is 0.236 e. The Kier molecular flexibility index (Phi) is 6.47. The minimum atomic E-state index is 0.0629. The van der Waals surface area contributed by atoms with Crippen molar-refractivity contribution in [2.24, 2.45) is 5.73 Å². The van der Waals surface area contributed by atoms with Crippen molar-refractivity contribution in [3.8, 4) is 0 Å². The summed E-state index contributed by atoms with van der Waals surface area (Å²) in [5, 5.41) is 0. The average molecular weight is 243 g/mol. The second kappa shape index (κ2) is 7.63. The Balaban J connectivity index is 2.41. The van der Waals surface area contributed by atoms with Crippen LogP contribution in [0.1, 0.15) is 20.3 Å². The minimum absolute atomic E-state index is 0.0629. The monoisotopic (exact) mass is 243 g/mol. The van der Waals surface area contributed by atoms with Gasteiger partial charge in [-0.15, -0.1) is 0 Å². The Morgan fingerprint density at radius 1 is 1.41 bits per heavy atom. The van der Waals surface area contributed by atoms with Crippen molar-refractivity contribution >= 4 is 5.91 Å². The number of rotatable bonds is 6. The molecule has 2 N–H and O–H groups in total. The van der Waals surface area contributed by atoms with E-state index in [0.717, 1.165) is 45.8 Å². The van der Waals surface area contributed by atoms with Gasteiger partial charge in [0.1, 0.15) is 0 Å². The third kappa shape index (κ3) is 4.26. The molecule has 1 rings (SSSR count). The van der Waals surface area contributed by atoms with Gasteiger partial charge >= 0.3 is 0 Å². The third-order valence-electron chi connectivity index (χ3n) is 3.33. The highest BCUT2D eigenvalue weighted by Crippen LogP contribution is 2.12. The van der Waals surface area contributed by atoms with Crippen molar-refractivity contribution in [3.05, 3.63) is 0 Å². The molecule has 0 bridgehead atoms. The molecule has 17 heavy (non-hydrogen) atoms. The molecule has 0 radical (unpaired) electrons. The molecular formula is C12H25N3O2. The lowest BCUT2D eigenvalue weighted by Gasteiger charge is -2.41. The molecule has 1 aliphatic rings. The fourth-order valence-electron chi connectivity index (χ4n) is 2.26. The summed E-state index contributed by atoms with van der Waals surface area (Å²) in [5.41, 5.74) is 5.40. The van der Waals surface area contributed by atoms with Gasteiger partial charge in [0.25, 0.3) is 0 Å². The predicted molar refractivity (Wildman–Crippen MR) is 67.8 cm³/mol. The molecule has 5 heteroatoms. The van der Waals surface area contributed by atoms with Gasteiger partial charge in [-0.25, -0.2) is 0 Å². The van der Waals surface area contributed by atoms with Gasteiger partial charge in [0.2, 0.25) is 5.91 Å². The van der Waals surface area contributed by atoms with E-state index in [1.54, 1.807) is 0 Å². The lowest BCUT2D eigenvalue weighted by atomic mass is 10.1. The first-order chi connectivity index (χ1) is 8.22. The molecule has 1 unspecified atom stereocenters. The van der Waals surface area contributed by atoms with Gasteiger partial charge in [0.05, 0.1) is 13.2 Å². The first-order valence-corrected chi connectivity index (χ1v) is 6.52. The maximum atomic E-state index is 11.6. The van der Waals surface area contributed by atoms with Crippen molar-refractivity contribution in [1.82, 2.24) is 9.80 Å². The highest BCUT2D eigenvalue weighted by Gasteiger charge is 2.27. The molecule has 0 aromatic carbocycles. The number of carbonyl (C=O) groups excluding carboxylic acids is 1. The Hall–Kier alpha value is -0.650. The van der Waals surface area contributed by atoms with Crippen LogP contribution in [0.25, 0.3) is 0 Å². The van der Waals surface area contributed by atoms with Crippen LogP contribution in [0.4, 0.5) is 0 Å². The Bertz CT molecular complexity index is 236. The summed E-state index contributed by atoms with van der Waals surface area (Å²) in [4.78, 5) is 15.8. The molecule has 0 aromatic rings. The van der Waals surface area contributed by atoms with E-state index in [1.165, 1.54) is 0 Å². The molecule has 1 amide bonds. The van der Waals surface area contributed by atoms with Crippen LogP contribution in [0.5, 0.6) is 0 Å². The van der Waals surface area contributed by atoms with Crippen molar-refractivity contribution in [2.45, 2.75) is 26.3 Å². The van der Waals surface area contributed by atoms with E-state index in [9.17, 15) is 4.79 Å². The maximum absolute atomic E-state index is 11.6. The van der Waals surface area contributed by atoms with E-state index in [0.29, 0.717) is 6.04 Å². The highest BCUT2D eigenvalue weighted by atomic mass is 16.5. The number of carbonyl (C=O) groups is 1. The predicted octanol–water partition coefficient (Wildman–Crippen LogP) is -0.0956. The van der Waals surface area contributed by atoms with Crippen LogP contribution >= 0.6 is 0 Å². The first kappa shape index (κ1) is 14.4. The number of amides is 1. The smallest absolute Gasteiger partial charge is 0.236 e. The lowest BCUT2D eigenvalue weighted by Crippen LogP contribution is -2.56. The fraction of sp³-hybridized carbons (Fsp3) is 0.917. The van der Waals surface area contributed by atoms with Gasteiger partial charge in [0, 0.05) is 38.8 Å². The molecule has 5 nitrogen and oxygen atoms in total. The number of ether oxygens (including phenoxy) is 1. The summed E-state index contributed by atoms with van der Waals surface area (Å²) in [6.45, 7) is 9.31. The number of nitrogens with zero attached hydrogens (tertiary/aromatic N) is 2. The van der Waals surface area contributed by atoms with Gasteiger partial charge in [-0.3, -0.25) is 9.69 Å². The SMILES string of the molecule is CCOCCN1CCN(C(=O)CN)CC1CC. The Morgan fingerprint density at radius 3 is 2.76 bits per heavy atom. The summed E-state index contributed by atoms with van der Waals surface area (Å²) in [6, 6.07) is 0.444. The van der Waals surface area contributed by atoms with Crippen LogP contribution < -0.4 is 5.73 Å². The van der Waals surface area contributed by atoms with Crippen molar-refractivity contribution in [2.75, 3.05) is 45.9 Å². The zero-order valence-corrected chi connectivity index (χ0v) is 11.0. The van der Waals surface area contributed by atoms with Crippen molar-refractivity contribution < 1.29 is 9.53 Å². The molecule has 1 aliphatic heterocycles. The first-order valence-electron chi connectivity index (χ1n) is 6.52. The van der Waals surface area contributed by atoms with Crippen LogP contribution in [0, 0.1) is 0 Å². The molecule has 1 atom stereocenters. The zero-order valence-electron chi connectivity index (χ0n) is 11.0.